The Bertz CT molecular complexity index is 974. The monoisotopic (exact) mass is 508 g/mol. The van der Waals surface area contributed by atoms with E-state index in [1.165, 1.54) is 36.6 Å². The maximum atomic E-state index is 3.30. The fraction of sp³-hybridized carbons (Fsp3) is 0.111. The number of hydrogen-bond donors (Lipinski definition) is 0. The summed E-state index contributed by atoms with van der Waals surface area (Å²) in [4.78, 5) is 0. The summed E-state index contributed by atoms with van der Waals surface area (Å²) in [5.74, 6) is 0. The van der Waals surface area contributed by atoms with Gasteiger partial charge in [-0.2, -0.15) is 53.6 Å². The van der Waals surface area contributed by atoms with Crippen LogP contribution in [-0.2, 0) is 30.7 Å². The molecule has 0 aliphatic heterocycles. The second-order valence-corrected chi connectivity index (χ2v) is 9.39. The molecule has 0 fully saturated rings. The summed E-state index contributed by atoms with van der Waals surface area (Å²) in [6.45, 7) is 4.25. The van der Waals surface area contributed by atoms with Crippen LogP contribution in [0.1, 0.15) is 25.0 Å². The molecule has 3 heteroatoms. The first-order chi connectivity index (χ1) is 13.6. The summed E-state index contributed by atoms with van der Waals surface area (Å²) in [7, 11) is 0. The molecule has 0 unspecified atom stereocenters. The molecule has 5 rings (SSSR count). The van der Waals surface area contributed by atoms with Crippen molar-refractivity contribution in [1.82, 2.24) is 0 Å². The third kappa shape index (κ3) is 7.55. The summed E-state index contributed by atoms with van der Waals surface area (Å²) in [5, 5.41) is 0. The van der Waals surface area contributed by atoms with E-state index in [0.29, 0.717) is 0 Å². The first kappa shape index (κ1) is 26.4. The second kappa shape index (κ2) is 13.6. The van der Waals surface area contributed by atoms with Crippen molar-refractivity contribution in [3.05, 3.63) is 114 Å². The smallest absolute Gasteiger partial charge is 0.0253 e. The van der Waals surface area contributed by atoms with Crippen molar-refractivity contribution >= 4 is 3.21 Å². The molecule has 0 atom stereocenters. The van der Waals surface area contributed by atoms with Crippen LogP contribution in [0.5, 0.6) is 0 Å². The van der Waals surface area contributed by atoms with Gasteiger partial charge < -0.3 is 24.8 Å². The van der Waals surface area contributed by atoms with Crippen LogP contribution in [0.3, 0.4) is 0 Å². The summed E-state index contributed by atoms with van der Waals surface area (Å²) in [6.07, 6.45) is 1.05. The summed E-state index contributed by atoms with van der Waals surface area (Å²) in [6, 6.07) is 36.9. The second-order valence-electron chi connectivity index (χ2n) is 6.94. The Morgan fingerprint density at radius 3 is 2.10 bits per heavy atom. The van der Waals surface area contributed by atoms with Crippen LogP contribution in [0.4, 0.5) is 0 Å². The van der Waals surface area contributed by atoms with E-state index in [1.807, 2.05) is 12.1 Å². The molecule has 152 valence electrons. The molecule has 0 N–H and O–H groups in total. The summed E-state index contributed by atoms with van der Waals surface area (Å²) >= 11 is 1.55. The number of hydrogen-bond acceptors (Lipinski definition) is 0. The molecular weight excluding hydrogens is 486 g/mol. The molecule has 0 saturated heterocycles. The topological polar surface area (TPSA) is 0 Å². The third-order valence-electron chi connectivity index (χ3n) is 4.39. The fourth-order valence-corrected chi connectivity index (χ4v) is 3.19. The molecular formula is C27H24Cl2Zr-2. The van der Waals surface area contributed by atoms with Crippen molar-refractivity contribution in [2.24, 2.45) is 0 Å². The molecule has 0 saturated carbocycles. The Kier molecular flexibility index (Phi) is 12.0. The van der Waals surface area contributed by atoms with E-state index in [9.17, 15) is 0 Å². The Morgan fingerprint density at radius 1 is 0.800 bits per heavy atom. The van der Waals surface area contributed by atoms with Gasteiger partial charge in [-0.1, -0.05) is 71.3 Å². The zero-order valence-electron chi connectivity index (χ0n) is 17.2. The zero-order valence-corrected chi connectivity index (χ0v) is 21.2. The van der Waals surface area contributed by atoms with Crippen molar-refractivity contribution < 1.29 is 49.0 Å². The minimum atomic E-state index is 0. The van der Waals surface area contributed by atoms with Gasteiger partial charge in [0.15, 0.2) is 0 Å². The van der Waals surface area contributed by atoms with Gasteiger partial charge in [-0.3, -0.25) is 0 Å². The van der Waals surface area contributed by atoms with E-state index in [1.54, 1.807) is 24.2 Å². The predicted octanol–water partition coefficient (Wildman–Crippen LogP) is 0.884. The van der Waals surface area contributed by atoms with Crippen LogP contribution in [0.15, 0.2) is 97.1 Å². The Labute approximate surface area is 207 Å². The molecule has 30 heavy (non-hydrogen) atoms. The van der Waals surface area contributed by atoms with Crippen LogP contribution < -0.4 is 24.8 Å². The van der Waals surface area contributed by atoms with Crippen molar-refractivity contribution in [3.8, 4) is 22.3 Å². The van der Waals surface area contributed by atoms with Crippen molar-refractivity contribution in [3.63, 3.8) is 0 Å². The number of benzene rings is 3. The molecule has 0 amide bonds. The van der Waals surface area contributed by atoms with Crippen LogP contribution >= 0.6 is 0 Å². The van der Waals surface area contributed by atoms with E-state index >= 15 is 0 Å². The van der Waals surface area contributed by atoms with Gasteiger partial charge in [0, 0.05) is 0 Å². The minimum absolute atomic E-state index is 0. The normalized spacial score (nSPS) is 9.87. The summed E-state index contributed by atoms with van der Waals surface area (Å²) in [5.41, 5.74) is 8.10. The van der Waals surface area contributed by atoms with Gasteiger partial charge >= 0.3 is 41.3 Å². The van der Waals surface area contributed by atoms with E-state index in [4.69, 9.17) is 0 Å². The number of rotatable bonds is 1. The maximum Gasteiger partial charge on any atom is -0.0253 e. The molecule has 0 bridgehead atoms. The van der Waals surface area contributed by atoms with Crippen molar-refractivity contribution in [2.75, 3.05) is 0 Å². The van der Waals surface area contributed by atoms with Gasteiger partial charge in [-0.05, 0) is 6.42 Å². The number of fused-ring (bicyclic) bond motifs is 3. The van der Waals surface area contributed by atoms with E-state index < -0.39 is 0 Å². The molecule has 1 aliphatic carbocycles. The largest absolute Gasteiger partial charge is 1.00 e. The van der Waals surface area contributed by atoms with E-state index in [-0.39, 0.29) is 24.8 Å². The molecule has 0 radical (unpaired) electrons. The number of halogens is 2. The van der Waals surface area contributed by atoms with Gasteiger partial charge in [-0.15, -0.1) is 5.56 Å². The van der Waals surface area contributed by atoms with Crippen LogP contribution in [0, 0.1) is 6.07 Å². The SMILES string of the molecule is C[C](C)=[Zr+2].[Cl-].[Cl-].[c-]1cccc2c1Cc1ccccc1-2.c1ccc(-c2cc[cH-]c2)cc1. The van der Waals surface area contributed by atoms with Gasteiger partial charge in [0.25, 0.3) is 0 Å². The first-order valence-electron chi connectivity index (χ1n) is 9.52. The maximum absolute atomic E-state index is 3.30. The average molecular weight is 511 g/mol. The third-order valence-corrected chi connectivity index (χ3v) is 4.39. The molecule has 0 aromatic heterocycles. The van der Waals surface area contributed by atoms with Crippen LogP contribution in [0.2, 0.25) is 0 Å². The predicted molar refractivity (Wildman–Crippen MR) is 117 cm³/mol. The first-order valence-corrected chi connectivity index (χ1v) is 10.7. The Morgan fingerprint density at radius 2 is 1.43 bits per heavy atom. The molecule has 0 heterocycles. The minimum Gasteiger partial charge on any atom is -1.00 e. The summed E-state index contributed by atoms with van der Waals surface area (Å²) < 4.78 is 1.51. The molecule has 1 aliphatic rings. The van der Waals surface area contributed by atoms with Gasteiger partial charge in [0.05, 0.1) is 0 Å². The van der Waals surface area contributed by atoms with Crippen molar-refractivity contribution in [2.45, 2.75) is 20.3 Å². The molecule has 4 aromatic rings. The quantitative estimate of drug-likeness (QED) is 0.294. The molecule has 0 spiro atoms. The zero-order chi connectivity index (χ0) is 19.8. The van der Waals surface area contributed by atoms with E-state index in [2.05, 4.69) is 105 Å². The molecule has 0 nitrogen and oxygen atoms in total. The molecule has 4 aromatic carbocycles. The van der Waals surface area contributed by atoms with Gasteiger partial charge in [0.1, 0.15) is 0 Å². The average Bonchev–Trinajstić information content (AvgIpc) is 3.37. The van der Waals surface area contributed by atoms with Crippen molar-refractivity contribution in [1.29, 1.82) is 0 Å². The van der Waals surface area contributed by atoms with Gasteiger partial charge in [0.2, 0.25) is 0 Å². The van der Waals surface area contributed by atoms with E-state index in [0.717, 1.165) is 6.42 Å². The van der Waals surface area contributed by atoms with Crippen LogP contribution in [-0.4, -0.2) is 3.21 Å². The standard InChI is InChI=1S/C13H9.C11H9.C3H6.2ClH.Zr/c1-3-7-12-10(5-1)9-11-6-2-4-8-13(11)12;1-2-6-10(7-3-1)11-8-4-5-9-11;1-3-2;;;/h1-5,7-8H,9H2;1-9H;1-2H3;2*1H;/q2*-1;;;;+2/p-2. The van der Waals surface area contributed by atoms with Crippen LogP contribution in [0.25, 0.3) is 22.3 Å². The van der Waals surface area contributed by atoms with Gasteiger partial charge in [-0.25, -0.2) is 6.07 Å². The Balaban J connectivity index is 0.000000244. The fourth-order valence-electron chi connectivity index (χ4n) is 3.19. The Hall–Kier alpha value is -1.66.